The number of rotatable bonds is 6. The van der Waals surface area contributed by atoms with E-state index in [9.17, 15) is 9.18 Å². The maximum Gasteiger partial charge on any atom is 0.247 e. The van der Waals surface area contributed by atoms with E-state index in [2.05, 4.69) is 22.1 Å². The summed E-state index contributed by atoms with van der Waals surface area (Å²) in [6.07, 6.45) is 3.15. The fourth-order valence-electron chi connectivity index (χ4n) is 4.24. The highest BCUT2D eigenvalue weighted by Crippen LogP contribution is 2.48. The second kappa shape index (κ2) is 9.45. The first kappa shape index (κ1) is 23.1. The van der Waals surface area contributed by atoms with Gasteiger partial charge in [0.05, 0.1) is 35.6 Å². The summed E-state index contributed by atoms with van der Waals surface area (Å²) in [6.45, 7) is 3.47. The molecule has 1 unspecified atom stereocenters. The summed E-state index contributed by atoms with van der Waals surface area (Å²) in [4.78, 5) is 11.8. The van der Waals surface area contributed by atoms with E-state index in [0.29, 0.717) is 51.3 Å². The molecule has 4 rings (SSSR count). The molecule has 1 atom stereocenters. The van der Waals surface area contributed by atoms with Crippen LogP contribution in [0.25, 0.3) is 11.3 Å². The van der Waals surface area contributed by atoms with E-state index in [0.717, 1.165) is 29.3 Å². The number of H-pyrrole nitrogens is 1. The highest BCUT2D eigenvalue weighted by Gasteiger charge is 2.31. The van der Waals surface area contributed by atoms with E-state index in [-0.39, 0.29) is 11.8 Å². The summed E-state index contributed by atoms with van der Waals surface area (Å²) in [5.74, 6) is 0.178. The van der Waals surface area contributed by atoms with Crippen LogP contribution in [0.15, 0.2) is 36.9 Å². The normalized spacial score (nSPS) is 15.0. The molecular weight excluding hydrogens is 468 g/mol. The van der Waals surface area contributed by atoms with Crippen LogP contribution >= 0.6 is 23.2 Å². The predicted octanol–water partition coefficient (Wildman–Crippen LogP) is 5.94. The number of fused-ring (bicyclic) bond motifs is 1. The molecular formula is C24H22Cl2FN3O3. The van der Waals surface area contributed by atoms with Gasteiger partial charge in [-0.05, 0) is 49.5 Å². The molecule has 0 aliphatic heterocycles. The molecule has 0 fully saturated rings. The highest BCUT2D eigenvalue weighted by molar-refractivity contribution is 6.38. The molecule has 9 heteroatoms. The SMILES string of the molecule is C=CC(=O)Nc1ccc(F)cc1-c1n[nH]c2c1CCC(c1c(Cl)c(OC)cc(OC)c1Cl)C2. The molecule has 172 valence electrons. The Morgan fingerprint density at radius 3 is 2.58 bits per heavy atom. The van der Waals surface area contributed by atoms with Gasteiger partial charge in [0.1, 0.15) is 17.3 Å². The first-order valence-electron chi connectivity index (χ1n) is 10.3. The Bertz CT molecular complexity index is 1210. The number of amides is 1. The lowest BCUT2D eigenvalue weighted by atomic mass is 9.81. The van der Waals surface area contributed by atoms with Crippen molar-refractivity contribution < 1.29 is 18.7 Å². The van der Waals surface area contributed by atoms with Crippen molar-refractivity contribution in [3.8, 4) is 22.8 Å². The maximum atomic E-state index is 14.1. The van der Waals surface area contributed by atoms with Crippen molar-refractivity contribution in [2.24, 2.45) is 0 Å². The Morgan fingerprint density at radius 2 is 1.94 bits per heavy atom. The van der Waals surface area contributed by atoms with Crippen LogP contribution in [0.2, 0.25) is 10.0 Å². The summed E-state index contributed by atoms with van der Waals surface area (Å²) in [7, 11) is 3.08. The lowest BCUT2D eigenvalue weighted by Gasteiger charge is -2.26. The second-order valence-electron chi connectivity index (χ2n) is 7.68. The van der Waals surface area contributed by atoms with Gasteiger partial charge in [0.15, 0.2) is 0 Å². The summed E-state index contributed by atoms with van der Waals surface area (Å²) in [5, 5.41) is 11.2. The van der Waals surface area contributed by atoms with Gasteiger partial charge in [0, 0.05) is 28.5 Å². The predicted molar refractivity (Wildman–Crippen MR) is 127 cm³/mol. The zero-order valence-electron chi connectivity index (χ0n) is 18.1. The van der Waals surface area contributed by atoms with Gasteiger partial charge < -0.3 is 14.8 Å². The van der Waals surface area contributed by atoms with Crippen molar-refractivity contribution in [1.82, 2.24) is 10.2 Å². The molecule has 1 aromatic heterocycles. The molecule has 3 aromatic rings. The fraction of sp³-hybridized carbons (Fsp3) is 0.250. The number of aromatic nitrogens is 2. The highest BCUT2D eigenvalue weighted by atomic mass is 35.5. The van der Waals surface area contributed by atoms with Gasteiger partial charge in [-0.1, -0.05) is 29.8 Å². The number of aromatic amines is 1. The Balaban J connectivity index is 1.72. The Labute approximate surface area is 200 Å². The van der Waals surface area contributed by atoms with Gasteiger partial charge in [-0.15, -0.1) is 0 Å². The van der Waals surface area contributed by atoms with Crippen LogP contribution in [-0.4, -0.2) is 30.3 Å². The van der Waals surface area contributed by atoms with E-state index >= 15 is 0 Å². The largest absolute Gasteiger partial charge is 0.495 e. The molecule has 2 N–H and O–H groups in total. The number of halogens is 3. The smallest absolute Gasteiger partial charge is 0.247 e. The number of carbonyl (C=O) groups excluding carboxylic acids is 1. The van der Waals surface area contributed by atoms with E-state index in [1.165, 1.54) is 18.2 Å². The summed E-state index contributed by atoms with van der Waals surface area (Å²) < 4.78 is 24.9. The number of carbonyl (C=O) groups is 1. The van der Waals surface area contributed by atoms with Gasteiger partial charge in [-0.2, -0.15) is 5.10 Å². The molecule has 33 heavy (non-hydrogen) atoms. The first-order chi connectivity index (χ1) is 15.9. The lowest BCUT2D eigenvalue weighted by molar-refractivity contribution is -0.111. The third-order valence-corrected chi connectivity index (χ3v) is 6.62. The van der Waals surface area contributed by atoms with Gasteiger partial charge in [-0.3, -0.25) is 9.89 Å². The number of hydrogen-bond acceptors (Lipinski definition) is 4. The van der Waals surface area contributed by atoms with Crippen LogP contribution < -0.4 is 14.8 Å². The first-order valence-corrected chi connectivity index (χ1v) is 11.0. The van der Waals surface area contributed by atoms with Crippen LogP contribution in [0.3, 0.4) is 0 Å². The minimum absolute atomic E-state index is 0.00208. The summed E-state index contributed by atoms with van der Waals surface area (Å²) in [6, 6.07) is 5.83. The van der Waals surface area contributed by atoms with Crippen molar-refractivity contribution in [2.75, 3.05) is 19.5 Å². The molecule has 1 aliphatic rings. The van der Waals surface area contributed by atoms with Crippen molar-refractivity contribution in [1.29, 1.82) is 0 Å². The van der Waals surface area contributed by atoms with E-state index in [1.54, 1.807) is 20.3 Å². The standard InChI is InChI=1S/C24H22Cl2FN3O3/c1-4-20(31)28-16-8-6-13(27)10-15(16)24-14-7-5-12(9-17(14)29-30-24)21-22(25)18(32-2)11-19(33-3)23(21)26/h4,6,8,10-12H,1,5,7,9H2,2-3H3,(H,28,31)(H,29,30). The minimum atomic E-state index is -0.422. The topological polar surface area (TPSA) is 76.2 Å². The molecule has 0 bridgehead atoms. The zero-order chi connectivity index (χ0) is 23.7. The van der Waals surface area contributed by atoms with E-state index in [1.807, 2.05) is 0 Å². The molecule has 0 saturated heterocycles. The number of ether oxygens (including phenoxy) is 2. The van der Waals surface area contributed by atoms with Gasteiger partial charge >= 0.3 is 0 Å². The quantitative estimate of drug-likeness (QED) is 0.420. The number of methoxy groups -OCH3 is 2. The average molecular weight is 490 g/mol. The van der Waals surface area contributed by atoms with Crippen LogP contribution in [0.4, 0.5) is 10.1 Å². The number of anilines is 1. The Morgan fingerprint density at radius 1 is 1.24 bits per heavy atom. The number of benzene rings is 2. The molecule has 0 radical (unpaired) electrons. The van der Waals surface area contributed by atoms with Crippen molar-refractivity contribution in [3.63, 3.8) is 0 Å². The summed E-state index contributed by atoms with van der Waals surface area (Å²) >= 11 is 13.2. The molecule has 1 aliphatic carbocycles. The van der Waals surface area contributed by atoms with Crippen molar-refractivity contribution in [2.45, 2.75) is 25.2 Å². The Kier molecular flexibility index (Phi) is 6.63. The van der Waals surface area contributed by atoms with Crippen LogP contribution in [-0.2, 0) is 17.6 Å². The second-order valence-corrected chi connectivity index (χ2v) is 8.43. The Hall–Kier alpha value is -3.03. The number of nitrogens with one attached hydrogen (secondary N) is 2. The lowest BCUT2D eigenvalue weighted by Crippen LogP contribution is -2.14. The average Bonchev–Trinajstić information content (AvgIpc) is 3.23. The van der Waals surface area contributed by atoms with Crippen LogP contribution in [0.5, 0.6) is 11.5 Å². The van der Waals surface area contributed by atoms with Gasteiger partial charge in [0.25, 0.3) is 0 Å². The third-order valence-electron chi connectivity index (χ3n) is 5.84. The number of hydrogen-bond donors (Lipinski definition) is 2. The van der Waals surface area contributed by atoms with Crippen LogP contribution in [0, 0.1) is 5.82 Å². The molecule has 0 spiro atoms. The maximum absolute atomic E-state index is 14.1. The van der Waals surface area contributed by atoms with Gasteiger partial charge in [0.2, 0.25) is 5.91 Å². The van der Waals surface area contributed by atoms with Crippen LogP contribution in [0.1, 0.15) is 29.2 Å². The summed E-state index contributed by atoms with van der Waals surface area (Å²) in [5.41, 5.74) is 4.19. The van der Waals surface area contributed by atoms with Crippen molar-refractivity contribution >= 4 is 34.8 Å². The molecule has 2 aromatic carbocycles. The molecule has 6 nitrogen and oxygen atoms in total. The van der Waals surface area contributed by atoms with E-state index < -0.39 is 5.82 Å². The monoisotopic (exact) mass is 489 g/mol. The number of nitrogens with zero attached hydrogens (tertiary/aromatic N) is 1. The van der Waals surface area contributed by atoms with Gasteiger partial charge in [-0.25, -0.2) is 4.39 Å². The molecule has 0 saturated carbocycles. The van der Waals surface area contributed by atoms with Crippen molar-refractivity contribution in [3.05, 3.63) is 69.6 Å². The fourth-order valence-corrected chi connectivity index (χ4v) is 5.05. The molecule has 1 amide bonds. The third kappa shape index (κ3) is 4.30. The van der Waals surface area contributed by atoms with E-state index in [4.69, 9.17) is 32.7 Å². The minimum Gasteiger partial charge on any atom is -0.495 e. The zero-order valence-corrected chi connectivity index (χ0v) is 19.6. The molecule has 1 heterocycles.